The number of carbonyl (C=O) groups excluding carboxylic acids is 1. The molecular formula is C14H16F3NO. The number of hydrogen-bond donors (Lipinski definition) is 0. The molecule has 1 fully saturated rings. The van der Waals surface area contributed by atoms with Crippen LogP contribution in [-0.2, 0) is 6.18 Å². The minimum Gasteiger partial charge on any atom is -0.292 e. The van der Waals surface area contributed by atoms with Gasteiger partial charge in [-0.15, -0.1) is 0 Å². The first-order chi connectivity index (χ1) is 8.97. The number of rotatable bonds is 3. The number of Topliss-reactive ketones (excluding diaryl/α,β-unsaturated/α-hetero) is 1. The molecule has 0 saturated heterocycles. The molecule has 0 spiro atoms. The minimum absolute atomic E-state index is 0.138. The molecule has 1 saturated carbocycles. The number of aromatic nitrogens is 1. The molecule has 1 aromatic heterocycles. The number of halogens is 3. The van der Waals surface area contributed by atoms with E-state index in [1.165, 1.54) is 12.5 Å². The number of carbonyl (C=O) groups is 1. The van der Waals surface area contributed by atoms with Crippen LogP contribution in [0.4, 0.5) is 13.2 Å². The van der Waals surface area contributed by atoms with Gasteiger partial charge in [0.25, 0.3) is 0 Å². The summed E-state index contributed by atoms with van der Waals surface area (Å²) in [5, 5.41) is 0. The predicted octanol–water partition coefficient (Wildman–Crippen LogP) is 4.25. The average molecular weight is 271 g/mol. The van der Waals surface area contributed by atoms with E-state index in [1.54, 1.807) is 0 Å². The lowest BCUT2D eigenvalue weighted by Gasteiger charge is -2.20. The fourth-order valence-electron chi connectivity index (χ4n) is 2.48. The van der Waals surface area contributed by atoms with Gasteiger partial charge in [-0.05, 0) is 18.1 Å². The maximum absolute atomic E-state index is 12.4. The van der Waals surface area contributed by atoms with Crippen molar-refractivity contribution in [3.63, 3.8) is 0 Å². The number of ketones is 1. The molecule has 1 heterocycles. The Morgan fingerprint density at radius 1 is 1.21 bits per heavy atom. The molecular weight excluding hydrogens is 255 g/mol. The molecule has 0 radical (unpaired) electrons. The van der Waals surface area contributed by atoms with Crippen molar-refractivity contribution >= 4 is 5.78 Å². The van der Waals surface area contributed by atoms with Crippen LogP contribution in [0.2, 0.25) is 0 Å². The van der Waals surface area contributed by atoms with Gasteiger partial charge in [-0.1, -0.05) is 32.1 Å². The van der Waals surface area contributed by atoms with Gasteiger partial charge < -0.3 is 0 Å². The second-order valence-corrected chi connectivity index (χ2v) is 5.06. The number of nitrogens with zero attached hydrogens (tertiary/aromatic N) is 1. The Bertz CT molecular complexity index is 433. The Morgan fingerprint density at radius 3 is 2.42 bits per heavy atom. The standard InChI is InChI=1S/C14H16F3NO/c15-14(16,17)11-6-7-12(18-9-11)13(19)8-10-4-2-1-3-5-10/h6-7,9-10H,1-5,8H2. The van der Waals surface area contributed by atoms with Crippen molar-refractivity contribution in [2.24, 2.45) is 5.92 Å². The van der Waals surface area contributed by atoms with Crippen LogP contribution in [0.15, 0.2) is 18.3 Å². The summed E-state index contributed by atoms with van der Waals surface area (Å²) in [6.45, 7) is 0. The summed E-state index contributed by atoms with van der Waals surface area (Å²) in [6, 6.07) is 2.09. The third-order valence-corrected chi connectivity index (χ3v) is 3.58. The Labute approximate surface area is 110 Å². The van der Waals surface area contributed by atoms with Gasteiger partial charge in [-0.3, -0.25) is 9.78 Å². The molecule has 0 unspecified atom stereocenters. The molecule has 2 rings (SSSR count). The van der Waals surface area contributed by atoms with E-state index >= 15 is 0 Å². The molecule has 1 aromatic rings. The molecule has 1 aliphatic rings. The third kappa shape index (κ3) is 3.78. The van der Waals surface area contributed by atoms with Gasteiger partial charge >= 0.3 is 6.18 Å². The van der Waals surface area contributed by atoms with Crippen LogP contribution in [0.1, 0.15) is 54.6 Å². The van der Waals surface area contributed by atoms with Crippen LogP contribution >= 0.6 is 0 Å². The molecule has 0 bridgehead atoms. The Kier molecular flexibility index (Phi) is 4.22. The summed E-state index contributed by atoms with van der Waals surface area (Å²) in [7, 11) is 0. The van der Waals surface area contributed by atoms with E-state index in [0.717, 1.165) is 37.9 Å². The van der Waals surface area contributed by atoms with Crippen LogP contribution in [0.5, 0.6) is 0 Å². The van der Waals surface area contributed by atoms with Gasteiger partial charge in [-0.25, -0.2) is 0 Å². The first-order valence-electron chi connectivity index (χ1n) is 6.53. The molecule has 19 heavy (non-hydrogen) atoms. The SMILES string of the molecule is O=C(CC1CCCCC1)c1ccc(C(F)(F)F)cn1. The van der Waals surface area contributed by atoms with Gasteiger partial charge in [0, 0.05) is 12.6 Å². The lowest BCUT2D eigenvalue weighted by atomic mass is 9.85. The zero-order chi connectivity index (χ0) is 13.9. The second-order valence-electron chi connectivity index (χ2n) is 5.06. The third-order valence-electron chi connectivity index (χ3n) is 3.58. The largest absolute Gasteiger partial charge is 0.417 e. The average Bonchev–Trinajstić information content (AvgIpc) is 2.39. The van der Waals surface area contributed by atoms with Crippen LogP contribution < -0.4 is 0 Å². The maximum Gasteiger partial charge on any atom is 0.417 e. The molecule has 5 heteroatoms. The fraction of sp³-hybridized carbons (Fsp3) is 0.571. The van der Waals surface area contributed by atoms with Crippen molar-refractivity contribution in [1.82, 2.24) is 4.98 Å². The van der Waals surface area contributed by atoms with Gasteiger partial charge in [0.15, 0.2) is 5.78 Å². The lowest BCUT2D eigenvalue weighted by Crippen LogP contribution is -2.14. The smallest absolute Gasteiger partial charge is 0.292 e. The highest BCUT2D eigenvalue weighted by molar-refractivity contribution is 5.94. The normalized spacial score (nSPS) is 17.4. The summed E-state index contributed by atoms with van der Waals surface area (Å²) in [4.78, 5) is 15.6. The van der Waals surface area contributed by atoms with Crippen molar-refractivity contribution in [3.05, 3.63) is 29.6 Å². The van der Waals surface area contributed by atoms with Gasteiger partial charge in [-0.2, -0.15) is 13.2 Å². The summed E-state index contributed by atoms with van der Waals surface area (Å²) < 4.78 is 37.1. The Morgan fingerprint density at radius 2 is 1.89 bits per heavy atom. The highest BCUT2D eigenvalue weighted by Gasteiger charge is 2.31. The van der Waals surface area contributed by atoms with Gasteiger partial charge in [0.1, 0.15) is 5.69 Å². The number of pyridine rings is 1. The summed E-state index contributed by atoms with van der Waals surface area (Å²) in [5.74, 6) is 0.214. The summed E-state index contributed by atoms with van der Waals surface area (Å²) in [5.41, 5.74) is -0.680. The van der Waals surface area contributed by atoms with E-state index in [0.29, 0.717) is 12.3 Å². The topological polar surface area (TPSA) is 30.0 Å². The highest BCUT2D eigenvalue weighted by Crippen LogP contribution is 2.29. The highest BCUT2D eigenvalue weighted by atomic mass is 19.4. The van der Waals surface area contributed by atoms with E-state index in [9.17, 15) is 18.0 Å². The number of alkyl halides is 3. The molecule has 2 nitrogen and oxygen atoms in total. The van der Waals surface area contributed by atoms with Crippen molar-refractivity contribution in [2.45, 2.75) is 44.7 Å². The maximum atomic E-state index is 12.4. The molecule has 0 amide bonds. The fourth-order valence-corrected chi connectivity index (χ4v) is 2.48. The summed E-state index contributed by atoms with van der Waals surface area (Å²) in [6.07, 6.45) is 2.28. The molecule has 0 atom stereocenters. The molecule has 1 aliphatic carbocycles. The van der Waals surface area contributed by atoms with Crippen molar-refractivity contribution in [3.8, 4) is 0 Å². The predicted molar refractivity (Wildman–Crippen MR) is 64.8 cm³/mol. The van der Waals surface area contributed by atoms with Crippen LogP contribution in [-0.4, -0.2) is 10.8 Å². The van der Waals surface area contributed by atoms with Crippen molar-refractivity contribution < 1.29 is 18.0 Å². The van der Waals surface area contributed by atoms with Crippen LogP contribution in [0.3, 0.4) is 0 Å². The quantitative estimate of drug-likeness (QED) is 0.769. The van der Waals surface area contributed by atoms with E-state index < -0.39 is 11.7 Å². The van der Waals surface area contributed by atoms with E-state index in [-0.39, 0.29) is 11.5 Å². The monoisotopic (exact) mass is 271 g/mol. The number of hydrogen-bond acceptors (Lipinski definition) is 2. The second kappa shape index (κ2) is 5.72. The van der Waals surface area contributed by atoms with Gasteiger partial charge in [0.2, 0.25) is 0 Å². The van der Waals surface area contributed by atoms with Gasteiger partial charge in [0.05, 0.1) is 5.56 Å². The van der Waals surface area contributed by atoms with E-state index in [4.69, 9.17) is 0 Å². The van der Waals surface area contributed by atoms with E-state index in [1.807, 2.05) is 0 Å². The van der Waals surface area contributed by atoms with Crippen LogP contribution in [0.25, 0.3) is 0 Å². The first-order valence-corrected chi connectivity index (χ1v) is 6.53. The zero-order valence-corrected chi connectivity index (χ0v) is 10.5. The van der Waals surface area contributed by atoms with Crippen molar-refractivity contribution in [1.29, 1.82) is 0 Å². The van der Waals surface area contributed by atoms with Crippen LogP contribution in [0, 0.1) is 5.92 Å². The van der Waals surface area contributed by atoms with Crippen molar-refractivity contribution in [2.75, 3.05) is 0 Å². The molecule has 0 aliphatic heterocycles. The lowest BCUT2D eigenvalue weighted by molar-refractivity contribution is -0.137. The molecule has 0 aromatic carbocycles. The first kappa shape index (κ1) is 14.0. The Balaban J connectivity index is 1.99. The zero-order valence-electron chi connectivity index (χ0n) is 10.5. The summed E-state index contributed by atoms with van der Waals surface area (Å²) >= 11 is 0. The minimum atomic E-state index is -4.40. The van der Waals surface area contributed by atoms with E-state index in [2.05, 4.69) is 4.98 Å². The Hall–Kier alpha value is -1.39. The molecule has 0 N–H and O–H groups in total. The molecule has 104 valence electrons.